The van der Waals surface area contributed by atoms with E-state index in [1.807, 2.05) is 6.92 Å². The van der Waals surface area contributed by atoms with Gasteiger partial charge in [0, 0.05) is 25.2 Å². The molecule has 2 rings (SSSR count). The average Bonchev–Trinajstić information content (AvgIpc) is 2.99. The predicted octanol–water partition coefficient (Wildman–Crippen LogP) is 2.03. The summed E-state index contributed by atoms with van der Waals surface area (Å²) < 4.78 is 0. The number of nitrogens with zero attached hydrogens (tertiary/aromatic N) is 1. The molecule has 20 heavy (non-hydrogen) atoms. The quantitative estimate of drug-likeness (QED) is 0.783. The Morgan fingerprint density at radius 3 is 2.35 bits per heavy atom. The van der Waals surface area contributed by atoms with Crippen LogP contribution in [0.5, 0.6) is 0 Å². The third-order valence-corrected chi connectivity index (χ3v) is 5.01. The predicted molar refractivity (Wildman–Crippen MR) is 82.5 cm³/mol. The Kier molecular flexibility index (Phi) is 6.30. The molecule has 0 saturated heterocycles. The van der Waals surface area contributed by atoms with E-state index >= 15 is 0 Å². The largest absolute Gasteiger partial charge is 0.352 e. The van der Waals surface area contributed by atoms with Gasteiger partial charge in [-0.2, -0.15) is 0 Å². The number of carbonyl (C=O) groups excluding carboxylic acids is 1. The Morgan fingerprint density at radius 2 is 1.75 bits per heavy atom. The van der Waals surface area contributed by atoms with Gasteiger partial charge in [-0.25, -0.2) is 0 Å². The van der Waals surface area contributed by atoms with Crippen LogP contribution in [0.15, 0.2) is 0 Å². The lowest BCUT2D eigenvalue weighted by Gasteiger charge is -2.34. The van der Waals surface area contributed by atoms with Crippen molar-refractivity contribution in [3.8, 4) is 0 Å². The Hall–Kier alpha value is -0.610. The number of hydrogen-bond donors (Lipinski definition) is 2. The first-order chi connectivity index (χ1) is 9.72. The lowest BCUT2D eigenvalue weighted by atomic mass is 9.95. The molecule has 1 atom stereocenters. The van der Waals surface area contributed by atoms with Crippen molar-refractivity contribution < 1.29 is 4.79 Å². The fraction of sp³-hybridized carbons (Fsp3) is 0.938. The Bertz CT molecular complexity index is 296. The van der Waals surface area contributed by atoms with Gasteiger partial charge in [0.05, 0.1) is 6.04 Å². The lowest BCUT2D eigenvalue weighted by molar-refractivity contribution is -0.127. The highest BCUT2D eigenvalue weighted by atomic mass is 16.2. The van der Waals surface area contributed by atoms with Crippen molar-refractivity contribution in [2.45, 2.75) is 82.8 Å². The molecule has 0 aromatic rings. The Morgan fingerprint density at radius 1 is 1.15 bits per heavy atom. The average molecular weight is 281 g/mol. The molecule has 2 aliphatic rings. The van der Waals surface area contributed by atoms with Gasteiger partial charge in [-0.1, -0.05) is 32.1 Å². The fourth-order valence-electron chi connectivity index (χ4n) is 3.80. The Balaban J connectivity index is 1.87. The zero-order valence-electron chi connectivity index (χ0n) is 12.9. The molecule has 0 spiro atoms. The second-order valence-electron chi connectivity index (χ2n) is 6.48. The first-order valence-electron chi connectivity index (χ1n) is 8.48. The first kappa shape index (κ1) is 15.8. The topological polar surface area (TPSA) is 58.4 Å². The van der Waals surface area contributed by atoms with Crippen molar-refractivity contribution in [1.29, 1.82) is 0 Å². The van der Waals surface area contributed by atoms with Crippen LogP contribution in [-0.2, 0) is 4.79 Å². The van der Waals surface area contributed by atoms with E-state index in [1.165, 1.54) is 44.9 Å². The van der Waals surface area contributed by atoms with E-state index in [9.17, 15) is 4.79 Å². The van der Waals surface area contributed by atoms with Crippen LogP contribution in [0, 0.1) is 0 Å². The molecule has 4 heteroatoms. The molecule has 2 saturated carbocycles. The molecule has 0 aromatic heterocycles. The van der Waals surface area contributed by atoms with Gasteiger partial charge in [0.2, 0.25) is 5.91 Å². The van der Waals surface area contributed by atoms with E-state index in [0.717, 1.165) is 19.4 Å². The summed E-state index contributed by atoms with van der Waals surface area (Å²) >= 11 is 0. The summed E-state index contributed by atoms with van der Waals surface area (Å²) in [7, 11) is 0. The zero-order chi connectivity index (χ0) is 14.4. The summed E-state index contributed by atoms with van der Waals surface area (Å²) in [5.74, 6) is 0.206. The second-order valence-corrected chi connectivity index (χ2v) is 6.48. The number of nitrogens with two attached hydrogens (primary N) is 1. The van der Waals surface area contributed by atoms with Crippen LogP contribution >= 0.6 is 0 Å². The molecule has 2 aliphatic carbocycles. The maximum absolute atomic E-state index is 12.5. The van der Waals surface area contributed by atoms with Crippen LogP contribution < -0.4 is 11.1 Å². The van der Waals surface area contributed by atoms with Crippen molar-refractivity contribution in [1.82, 2.24) is 10.2 Å². The van der Waals surface area contributed by atoms with Gasteiger partial charge in [-0.3, -0.25) is 9.69 Å². The van der Waals surface area contributed by atoms with Gasteiger partial charge in [0.1, 0.15) is 0 Å². The molecule has 4 nitrogen and oxygen atoms in total. The smallest absolute Gasteiger partial charge is 0.237 e. The van der Waals surface area contributed by atoms with Crippen LogP contribution in [0.4, 0.5) is 0 Å². The number of hydrogen-bond acceptors (Lipinski definition) is 3. The minimum atomic E-state index is -0.0384. The maximum Gasteiger partial charge on any atom is 0.237 e. The zero-order valence-corrected chi connectivity index (χ0v) is 12.9. The minimum Gasteiger partial charge on any atom is -0.352 e. The number of rotatable bonds is 6. The van der Waals surface area contributed by atoms with Crippen molar-refractivity contribution >= 4 is 5.91 Å². The highest BCUT2D eigenvalue weighted by Crippen LogP contribution is 2.25. The Labute approximate surface area is 123 Å². The molecule has 0 aromatic carbocycles. The first-order valence-corrected chi connectivity index (χ1v) is 8.48. The molecular weight excluding hydrogens is 250 g/mol. The van der Waals surface area contributed by atoms with E-state index in [0.29, 0.717) is 18.6 Å². The van der Waals surface area contributed by atoms with Crippen molar-refractivity contribution in [2.75, 3.05) is 13.1 Å². The number of nitrogens with one attached hydrogen (secondary N) is 1. The molecule has 0 heterocycles. The summed E-state index contributed by atoms with van der Waals surface area (Å²) in [4.78, 5) is 14.8. The summed E-state index contributed by atoms with van der Waals surface area (Å²) in [6.07, 6.45) is 11.2. The van der Waals surface area contributed by atoms with Crippen LogP contribution in [-0.4, -0.2) is 42.0 Å². The summed E-state index contributed by atoms with van der Waals surface area (Å²) in [5, 5.41) is 3.26. The van der Waals surface area contributed by atoms with Crippen molar-refractivity contribution in [3.05, 3.63) is 0 Å². The molecular formula is C16H31N3O. The molecule has 0 aliphatic heterocycles. The molecule has 2 fully saturated rings. The van der Waals surface area contributed by atoms with E-state index in [-0.39, 0.29) is 11.9 Å². The van der Waals surface area contributed by atoms with Crippen LogP contribution in [0.25, 0.3) is 0 Å². The normalized spacial score (nSPS) is 23.1. The molecule has 116 valence electrons. The standard InChI is InChI=1S/C16H31N3O/c1-13(16(20)18-14-7-3-2-4-8-14)19(12-11-17)15-9-5-6-10-15/h13-15H,2-12,17H2,1H3,(H,18,20). The summed E-state index contributed by atoms with van der Waals surface area (Å²) in [6.45, 7) is 3.52. The maximum atomic E-state index is 12.5. The van der Waals surface area contributed by atoms with Gasteiger partial charge in [0.15, 0.2) is 0 Å². The lowest BCUT2D eigenvalue weighted by Crippen LogP contribution is -2.52. The van der Waals surface area contributed by atoms with Gasteiger partial charge >= 0.3 is 0 Å². The molecule has 3 N–H and O–H groups in total. The summed E-state index contributed by atoms with van der Waals surface area (Å²) in [6, 6.07) is 0.927. The van der Waals surface area contributed by atoms with Gasteiger partial charge in [-0.15, -0.1) is 0 Å². The van der Waals surface area contributed by atoms with Crippen LogP contribution in [0.3, 0.4) is 0 Å². The van der Waals surface area contributed by atoms with Crippen molar-refractivity contribution in [2.24, 2.45) is 5.73 Å². The highest BCUT2D eigenvalue weighted by Gasteiger charge is 2.30. The van der Waals surface area contributed by atoms with Crippen molar-refractivity contribution in [3.63, 3.8) is 0 Å². The monoisotopic (exact) mass is 281 g/mol. The van der Waals surface area contributed by atoms with Gasteiger partial charge in [0.25, 0.3) is 0 Å². The molecule has 1 unspecified atom stereocenters. The fourth-order valence-corrected chi connectivity index (χ4v) is 3.80. The van der Waals surface area contributed by atoms with Gasteiger partial charge in [-0.05, 0) is 32.6 Å². The molecule has 1 amide bonds. The molecule has 0 bridgehead atoms. The van der Waals surface area contributed by atoms with Crippen LogP contribution in [0.2, 0.25) is 0 Å². The third kappa shape index (κ3) is 4.19. The highest BCUT2D eigenvalue weighted by molar-refractivity contribution is 5.81. The third-order valence-electron chi connectivity index (χ3n) is 5.01. The van der Waals surface area contributed by atoms with E-state index in [1.54, 1.807) is 0 Å². The van der Waals surface area contributed by atoms with Crippen LogP contribution in [0.1, 0.15) is 64.7 Å². The number of amides is 1. The minimum absolute atomic E-state index is 0.0384. The summed E-state index contributed by atoms with van der Waals surface area (Å²) in [5.41, 5.74) is 5.75. The van der Waals surface area contributed by atoms with E-state index in [2.05, 4.69) is 10.2 Å². The van der Waals surface area contributed by atoms with E-state index < -0.39 is 0 Å². The SMILES string of the molecule is CC(C(=O)NC1CCCCC1)N(CCN)C1CCCC1. The van der Waals surface area contributed by atoms with E-state index in [4.69, 9.17) is 5.73 Å². The molecule has 0 radical (unpaired) electrons. The second kappa shape index (κ2) is 7.99. The van der Waals surface area contributed by atoms with Gasteiger partial charge < -0.3 is 11.1 Å². The number of carbonyl (C=O) groups is 1.